The maximum absolute atomic E-state index is 8.83. The van der Waals surface area contributed by atoms with E-state index in [1.165, 1.54) is 57.8 Å². The number of ether oxygens (including phenoxy) is 1. The molecular formula is C29H46N2O. The molecule has 0 aliphatic rings. The van der Waals surface area contributed by atoms with Crippen molar-refractivity contribution in [3.63, 3.8) is 0 Å². The average molecular weight is 439 g/mol. The van der Waals surface area contributed by atoms with Crippen LogP contribution in [0.25, 0.3) is 10.8 Å². The summed E-state index contributed by atoms with van der Waals surface area (Å²) in [6, 6.07) is 12.5. The Labute approximate surface area is 197 Å². The van der Waals surface area contributed by atoms with E-state index in [0.717, 1.165) is 61.0 Å². The Morgan fingerprint density at radius 2 is 1.25 bits per heavy atom. The third-order valence-electron chi connectivity index (χ3n) is 6.20. The number of unbranched alkanes of at least 4 members (excludes halogenated alkanes) is 9. The van der Waals surface area contributed by atoms with Gasteiger partial charge in [-0.3, -0.25) is 5.41 Å². The summed E-state index contributed by atoms with van der Waals surface area (Å²) >= 11 is 0. The summed E-state index contributed by atoms with van der Waals surface area (Å²) in [5, 5.41) is 11.1. The van der Waals surface area contributed by atoms with Crippen molar-refractivity contribution in [2.24, 2.45) is 0 Å². The van der Waals surface area contributed by atoms with E-state index in [0.29, 0.717) is 5.84 Å². The van der Waals surface area contributed by atoms with Gasteiger partial charge in [0, 0.05) is 24.0 Å². The van der Waals surface area contributed by atoms with E-state index < -0.39 is 0 Å². The van der Waals surface area contributed by atoms with E-state index in [1.807, 2.05) is 0 Å². The fourth-order valence-corrected chi connectivity index (χ4v) is 4.42. The summed E-state index contributed by atoms with van der Waals surface area (Å²) in [7, 11) is 0. The van der Waals surface area contributed by atoms with E-state index in [1.54, 1.807) is 0 Å². The van der Waals surface area contributed by atoms with Crippen LogP contribution in [0.3, 0.4) is 0 Å². The maximum Gasteiger partial charge on any atom is 0.128 e. The molecule has 0 aromatic heterocycles. The molecule has 1 N–H and O–H groups in total. The molecule has 0 bridgehead atoms. The van der Waals surface area contributed by atoms with Crippen LogP contribution in [0.5, 0.6) is 5.75 Å². The number of nitrogens with one attached hydrogen (secondary N) is 1. The van der Waals surface area contributed by atoms with Gasteiger partial charge in [0.2, 0.25) is 0 Å². The van der Waals surface area contributed by atoms with Gasteiger partial charge in [0.1, 0.15) is 11.6 Å². The first-order valence-corrected chi connectivity index (χ1v) is 13.2. The summed E-state index contributed by atoms with van der Waals surface area (Å²) in [5.74, 6) is 1.58. The van der Waals surface area contributed by atoms with E-state index in [-0.39, 0.29) is 0 Å². The molecule has 0 radical (unpaired) electrons. The van der Waals surface area contributed by atoms with Gasteiger partial charge >= 0.3 is 0 Å². The van der Waals surface area contributed by atoms with Gasteiger partial charge in [0.15, 0.2) is 0 Å². The first-order chi connectivity index (χ1) is 15.7. The van der Waals surface area contributed by atoms with Crippen LogP contribution in [0, 0.1) is 5.41 Å². The summed E-state index contributed by atoms with van der Waals surface area (Å²) < 4.78 is 6.20. The number of hydrogen-bond donors (Lipinski definition) is 1. The second-order valence-corrected chi connectivity index (χ2v) is 9.02. The molecular weight excluding hydrogens is 392 g/mol. The van der Waals surface area contributed by atoms with Crippen LogP contribution in [0.1, 0.15) is 103 Å². The fraction of sp³-hybridized carbons (Fsp3) is 0.621. The summed E-state index contributed by atoms with van der Waals surface area (Å²) in [4.78, 5) is 2.20. The lowest BCUT2D eigenvalue weighted by molar-refractivity contribution is 0.307. The van der Waals surface area contributed by atoms with Crippen LogP contribution in [0.2, 0.25) is 0 Å². The third-order valence-corrected chi connectivity index (χ3v) is 6.20. The summed E-state index contributed by atoms with van der Waals surface area (Å²) in [6.45, 7) is 9.27. The number of nitrogens with zero attached hydrogens (tertiary/aromatic N) is 1. The van der Waals surface area contributed by atoms with E-state index in [2.05, 4.69) is 62.1 Å². The Morgan fingerprint density at radius 3 is 1.84 bits per heavy atom. The lowest BCUT2D eigenvalue weighted by Gasteiger charge is -2.25. The quantitative estimate of drug-likeness (QED) is 0.152. The molecule has 2 aromatic rings. The van der Waals surface area contributed by atoms with E-state index in [9.17, 15) is 0 Å². The molecule has 2 aromatic carbocycles. The SMILES string of the molecule is CCCCCCCCCCCCOc1ccc(C(=N)N(CCC)CCC)c2ccccc12. The molecule has 0 unspecified atom stereocenters. The molecule has 0 fully saturated rings. The molecule has 0 spiro atoms. The number of rotatable bonds is 17. The molecule has 0 aliphatic carbocycles. The molecule has 3 heteroatoms. The topological polar surface area (TPSA) is 36.3 Å². The molecule has 0 saturated carbocycles. The van der Waals surface area contributed by atoms with Gasteiger partial charge in [-0.25, -0.2) is 0 Å². The number of amidine groups is 1. The van der Waals surface area contributed by atoms with Gasteiger partial charge in [0.25, 0.3) is 0 Å². The second kappa shape index (κ2) is 15.7. The second-order valence-electron chi connectivity index (χ2n) is 9.02. The number of benzene rings is 2. The van der Waals surface area contributed by atoms with Gasteiger partial charge in [0.05, 0.1) is 6.61 Å². The smallest absolute Gasteiger partial charge is 0.128 e. The summed E-state index contributed by atoms with van der Waals surface area (Å²) in [6.07, 6.45) is 15.5. The molecule has 3 nitrogen and oxygen atoms in total. The minimum atomic E-state index is 0.631. The molecule has 0 heterocycles. The zero-order chi connectivity index (χ0) is 23.0. The van der Waals surface area contributed by atoms with Gasteiger partial charge in [-0.05, 0) is 36.8 Å². The molecule has 2 rings (SSSR count). The highest BCUT2D eigenvalue weighted by atomic mass is 16.5. The Bertz CT molecular complexity index is 780. The summed E-state index contributed by atoms with van der Waals surface area (Å²) in [5.41, 5.74) is 1.01. The van der Waals surface area contributed by atoms with Crippen molar-refractivity contribution in [2.45, 2.75) is 97.8 Å². The molecule has 0 amide bonds. The van der Waals surface area contributed by atoms with Crippen LogP contribution in [-0.2, 0) is 0 Å². The van der Waals surface area contributed by atoms with Crippen molar-refractivity contribution in [1.82, 2.24) is 4.90 Å². The van der Waals surface area contributed by atoms with Crippen molar-refractivity contribution >= 4 is 16.6 Å². The lowest BCUT2D eigenvalue weighted by Crippen LogP contribution is -2.32. The van der Waals surface area contributed by atoms with Gasteiger partial charge in [-0.1, -0.05) is 103 Å². The fourth-order valence-electron chi connectivity index (χ4n) is 4.42. The van der Waals surface area contributed by atoms with Gasteiger partial charge < -0.3 is 9.64 Å². The minimum Gasteiger partial charge on any atom is -0.493 e. The molecule has 32 heavy (non-hydrogen) atoms. The normalized spacial score (nSPS) is 11.1. The van der Waals surface area contributed by atoms with Crippen molar-refractivity contribution in [1.29, 1.82) is 5.41 Å². The molecule has 0 saturated heterocycles. The van der Waals surface area contributed by atoms with Crippen LogP contribution < -0.4 is 4.74 Å². The van der Waals surface area contributed by atoms with Crippen molar-refractivity contribution in [3.05, 3.63) is 42.0 Å². The predicted octanol–water partition coefficient (Wildman–Crippen LogP) is 8.59. The van der Waals surface area contributed by atoms with Crippen molar-refractivity contribution < 1.29 is 4.74 Å². The van der Waals surface area contributed by atoms with Crippen LogP contribution in [0.15, 0.2) is 36.4 Å². The Morgan fingerprint density at radius 1 is 0.688 bits per heavy atom. The van der Waals surface area contributed by atoms with Gasteiger partial charge in [-0.2, -0.15) is 0 Å². The Hall–Kier alpha value is -2.03. The lowest BCUT2D eigenvalue weighted by atomic mass is 10.0. The highest BCUT2D eigenvalue weighted by molar-refractivity contribution is 6.09. The van der Waals surface area contributed by atoms with Crippen molar-refractivity contribution in [3.8, 4) is 5.75 Å². The van der Waals surface area contributed by atoms with Crippen LogP contribution >= 0.6 is 0 Å². The zero-order valence-electron chi connectivity index (χ0n) is 20.9. The highest BCUT2D eigenvalue weighted by Gasteiger charge is 2.15. The van der Waals surface area contributed by atoms with Gasteiger partial charge in [-0.15, -0.1) is 0 Å². The van der Waals surface area contributed by atoms with E-state index >= 15 is 0 Å². The monoisotopic (exact) mass is 438 g/mol. The first-order valence-electron chi connectivity index (χ1n) is 13.2. The Kier molecular flexibility index (Phi) is 12.9. The van der Waals surface area contributed by atoms with Crippen LogP contribution in [-0.4, -0.2) is 30.4 Å². The minimum absolute atomic E-state index is 0.631. The number of fused-ring (bicyclic) bond motifs is 1. The maximum atomic E-state index is 8.83. The highest BCUT2D eigenvalue weighted by Crippen LogP contribution is 2.29. The standard InChI is InChI=1S/C29H46N2O/c1-4-7-8-9-10-11-12-13-14-17-24-32-28-21-20-27(25-18-15-16-19-26(25)28)29(30)31(22-5-2)23-6-3/h15-16,18-21,30H,4-14,17,22-24H2,1-3H3. The first kappa shape index (κ1) is 26.2. The van der Waals surface area contributed by atoms with Crippen LogP contribution in [0.4, 0.5) is 0 Å². The van der Waals surface area contributed by atoms with E-state index in [4.69, 9.17) is 10.1 Å². The molecule has 178 valence electrons. The Balaban J connectivity index is 1.86. The number of hydrogen-bond acceptors (Lipinski definition) is 2. The van der Waals surface area contributed by atoms with Crippen molar-refractivity contribution in [2.75, 3.05) is 19.7 Å². The predicted molar refractivity (Wildman–Crippen MR) is 140 cm³/mol. The largest absolute Gasteiger partial charge is 0.493 e. The third kappa shape index (κ3) is 8.48. The zero-order valence-corrected chi connectivity index (χ0v) is 20.9. The average Bonchev–Trinajstić information content (AvgIpc) is 2.82. The molecule has 0 atom stereocenters. The molecule has 0 aliphatic heterocycles.